The van der Waals surface area contributed by atoms with E-state index in [1.807, 2.05) is 0 Å². The standard InChI is InChI=1S/C9H16N4O4S2/c1-12-18(14,15)5-4-13-7-2-3-9(8(10)6-7)19(11,16)17/h2-3,6,12-13H,4-5,10H2,1H3,(H2,11,16,17). The number of primary sulfonamides is 1. The van der Waals surface area contributed by atoms with Gasteiger partial charge in [0.1, 0.15) is 4.90 Å². The van der Waals surface area contributed by atoms with Crippen molar-refractivity contribution >= 4 is 31.4 Å². The molecule has 0 bridgehead atoms. The average Bonchev–Trinajstić information content (AvgIpc) is 2.27. The van der Waals surface area contributed by atoms with Gasteiger partial charge in [-0.2, -0.15) is 0 Å². The van der Waals surface area contributed by atoms with Crippen LogP contribution in [0.2, 0.25) is 0 Å². The van der Waals surface area contributed by atoms with Crippen LogP contribution in [0.15, 0.2) is 23.1 Å². The second kappa shape index (κ2) is 5.74. The Morgan fingerprint density at radius 3 is 2.32 bits per heavy atom. The molecule has 6 N–H and O–H groups in total. The number of nitrogens with one attached hydrogen (secondary N) is 2. The summed E-state index contributed by atoms with van der Waals surface area (Å²) in [5.74, 6) is -0.111. The Hall–Kier alpha value is -1.36. The van der Waals surface area contributed by atoms with Gasteiger partial charge in [0, 0.05) is 12.2 Å². The van der Waals surface area contributed by atoms with Crippen molar-refractivity contribution in [3.63, 3.8) is 0 Å². The fourth-order valence-electron chi connectivity index (χ4n) is 1.35. The first-order chi connectivity index (χ1) is 8.65. The van der Waals surface area contributed by atoms with Crippen LogP contribution in [0.1, 0.15) is 0 Å². The van der Waals surface area contributed by atoms with Crippen molar-refractivity contribution in [2.45, 2.75) is 4.90 Å². The van der Waals surface area contributed by atoms with E-state index in [1.165, 1.54) is 25.2 Å². The van der Waals surface area contributed by atoms with E-state index in [0.717, 1.165) is 0 Å². The van der Waals surface area contributed by atoms with Gasteiger partial charge in [0.25, 0.3) is 0 Å². The number of hydrogen-bond donors (Lipinski definition) is 4. The van der Waals surface area contributed by atoms with Gasteiger partial charge in [-0.15, -0.1) is 0 Å². The van der Waals surface area contributed by atoms with E-state index in [-0.39, 0.29) is 22.9 Å². The van der Waals surface area contributed by atoms with Crippen molar-refractivity contribution in [3.05, 3.63) is 18.2 Å². The molecule has 0 amide bonds. The number of benzene rings is 1. The molecule has 0 aromatic heterocycles. The maximum atomic E-state index is 11.2. The van der Waals surface area contributed by atoms with E-state index in [2.05, 4.69) is 10.0 Å². The Bertz CT molecular complexity index is 655. The molecule has 1 aromatic rings. The van der Waals surface area contributed by atoms with E-state index in [4.69, 9.17) is 10.9 Å². The van der Waals surface area contributed by atoms with E-state index >= 15 is 0 Å². The highest BCUT2D eigenvalue weighted by molar-refractivity contribution is 7.89. The van der Waals surface area contributed by atoms with Crippen LogP contribution in [-0.4, -0.2) is 36.2 Å². The monoisotopic (exact) mass is 308 g/mol. The molecular formula is C9H16N4O4S2. The molecule has 1 aromatic carbocycles. The molecule has 0 fully saturated rings. The number of nitrogens with two attached hydrogens (primary N) is 2. The first-order valence-corrected chi connectivity index (χ1v) is 8.43. The molecule has 0 heterocycles. The number of anilines is 2. The zero-order valence-electron chi connectivity index (χ0n) is 10.3. The largest absolute Gasteiger partial charge is 0.398 e. The molecule has 0 aliphatic rings. The lowest BCUT2D eigenvalue weighted by Crippen LogP contribution is -2.26. The number of sulfonamides is 2. The highest BCUT2D eigenvalue weighted by Crippen LogP contribution is 2.21. The summed E-state index contributed by atoms with van der Waals surface area (Å²) in [5, 5.41) is 7.79. The molecule has 8 nitrogen and oxygen atoms in total. The Morgan fingerprint density at radius 1 is 1.21 bits per heavy atom. The summed E-state index contributed by atoms with van der Waals surface area (Å²) in [6, 6.07) is 4.10. The third-order valence-corrected chi connectivity index (χ3v) is 4.68. The lowest BCUT2D eigenvalue weighted by molar-refractivity contribution is 0.588. The minimum absolute atomic E-state index is 0.00368. The molecular weight excluding hydrogens is 292 g/mol. The van der Waals surface area contributed by atoms with E-state index in [1.54, 1.807) is 0 Å². The predicted octanol–water partition coefficient (Wildman–Crippen LogP) is -1.12. The number of hydrogen-bond acceptors (Lipinski definition) is 6. The molecule has 0 saturated heterocycles. The molecule has 19 heavy (non-hydrogen) atoms. The first kappa shape index (κ1) is 15.7. The van der Waals surface area contributed by atoms with Crippen LogP contribution in [-0.2, 0) is 20.0 Å². The fourth-order valence-corrected chi connectivity index (χ4v) is 2.57. The Balaban J connectivity index is 2.76. The SMILES string of the molecule is CNS(=O)(=O)CCNc1ccc(S(N)(=O)=O)c(N)c1. The van der Waals surface area contributed by atoms with Crippen molar-refractivity contribution in [1.29, 1.82) is 0 Å². The van der Waals surface area contributed by atoms with Crippen LogP contribution in [0.25, 0.3) is 0 Å². The van der Waals surface area contributed by atoms with Gasteiger partial charge in [-0.1, -0.05) is 0 Å². The molecule has 0 atom stereocenters. The molecule has 1 rings (SSSR count). The lowest BCUT2D eigenvalue weighted by atomic mass is 10.3. The molecule has 0 radical (unpaired) electrons. The van der Waals surface area contributed by atoms with Crippen molar-refractivity contribution in [2.75, 3.05) is 30.4 Å². The predicted molar refractivity (Wildman–Crippen MR) is 73.6 cm³/mol. The highest BCUT2D eigenvalue weighted by Gasteiger charge is 2.12. The summed E-state index contributed by atoms with van der Waals surface area (Å²) in [4.78, 5) is -0.166. The van der Waals surface area contributed by atoms with Gasteiger partial charge in [-0.05, 0) is 25.2 Å². The van der Waals surface area contributed by atoms with Crippen LogP contribution in [0.4, 0.5) is 11.4 Å². The quantitative estimate of drug-likeness (QED) is 0.490. The van der Waals surface area contributed by atoms with E-state index in [9.17, 15) is 16.8 Å². The summed E-state index contributed by atoms with van der Waals surface area (Å²) < 4.78 is 46.8. The van der Waals surface area contributed by atoms with Crippen LogP contribution in [0.3, 0.4) is 0 Å². The lowest BCUT2D eigenvalue weighted by Gasteiger charge is -2.09. The highest BCUT2D eigenvalue weighted by atomic mass is 32.2. The van der Waals surface area contributed by atoms with E-state index < -0.39 is 20.0 Å². The average molecular weight is 308 g/mol. The molecule has 0 unspecified atom stereocenters. The second-order valence-electron chi connectivity index (χ2n) is 3.75. The minimum Gasteiger partial charge on any atom is -0.398 e. The van der Waals surface area contributed by atoms with Crippen molar-refractivity contribution in [1.82, 2.24) is 4.72 Å². The van der Waals surface area contributed by atoms with Crippen LogP contribution in [0, 0.1) is 0 Å². The fraction of sp³-hybridized carbons (Fsp3) is 0.333. The zero-order valence-corrected chi connectivity index (χ0v) is 11.9. The topological polar surface area (TPSA) is 144 Å². The first-order valence-electron chi connectivity index (χ1n) is 5.23. The third kappa shape index (κ3) is 4.67. The maximum absolute atomic E-state index is 11.2. The summed E-state index contributed by atoms with van der Waals surface area (Å²) >= 11 is 0. The maximum Gasteiger partial charge on any atom is 0.240 e. The van der Waals surface area contributed by atoms with Crippen molar-refractivity contribution in [2.24, 2.45) is 5.14 Å². The second-order valence-corrected chi connectivity index (χ2v) is 7.32. The number of rotatable bonds is 6. The van der Waals surface area contributed by atoms with Crippen LogP contribution in [0.5, 0.6) is 0 Å². The summed E-state index contributed by atoms with van der Waals surface area (Å²) in [6.07, 6.45) is 0. The Morgan fingerprint density at radius 2 is 1.84 bits per heavy atom. The van der Waals surface area contributed by atoms with Crippen LogP contribution < -0.4 is 20.9 Å². The van der Waals surface area contributed by atoms with Crippen molar-refractivity contribution < 1.29 is 16.8 Å². The molecule has 0 saturated carbocycles. The Labute approximate surface area is 112 Å². The summed E-state index contributed by atoms with van der Waals surface area (Å²) in [5.41, 5.74) is 6.08. The molecule has 108 valence electrons. The molecule has 0 spiro atoms. The van der Waals surface area contributed by atoms with Gasteiger partial charge in [0.15, 0.2) is 0 Å². The Kier molecular flexibility index (Phi) is 4.74. The molecule has 0 aliphatic heterocycles. The van der Waals surface area contributed by atoms with Crippen LogP contribution >= 0.6 is 0 Å². The van der Waals surface area contributed by atoms with Gasteiger partial charge >= 0.3 is 0 Å². The van der Waals surface area contributed by atoms with Gasteiger partial charge in [0.05, 0.1) is 11.4 Å². The number of nitrogen functional groups attached to an aromatic ring is 1. The normalized spacial score (nSPS) is 12.3. The van der Waals surface area contributed by atoms with Gasteiger partial charge in [-0.25, -0.2) is 26.7 Å². The molecule has 10 heteroatoms. The summed E-state index contributed by atoms with van der Waals surface area (Å²) in [7, 11) is -5.82. The minimum atomic E-state index is -3.86. The van der Waals surface area contributed by atoms with Gasteiger partial charge in [-0.3, -0.25) is 0 Å². The third-order valence-electron chi connectivity index (χ3n) is 2.33. The molecule has 0 aliphatic carbocycles. The zero-order chi connectivity index (χ0) is 14.7. The van der Waals surface area contributed by atoms with Crippen molar-refractivity contribution in [3.8, 4) is 0 Å². The summed E-state index contributed by atoms with van der Waals surface area (Å²) in [6.45, 7) is 0.164. The van der Waals surface area contributed by atoms with Gasteiger partial charge in [0.2, 0.25) is 20.0 Å². The van der Waals surface area contributed by atoms with Gasteiger partial charge < -0.3 is 11.1 Å². The smallest absolute Gasteiger partial charge is 0.240 e. The van der Waals surface area contributed by atoms with E-state index in [0.29, 0.717) is 5.69 Å².